The van der Waals surface area contributed by atoms with Gasteiger partial charge in [0.2, 0.25) is 12.7 Å². The lowest BCUT2D eigenvalue weighted by Gasteiger charge is -1.89. The minimum Gasteiger partial charge on any atom is -0.264 e. The van der Waals surface area contributed by atoms with Gasteiger partial charge < -0.3 is 0 Å². The molecule has 7 nitrogen and oxygen atoms in total. The summed E-state index contributed by atoms with van der Waals surface area (Å²) in [6, 6.07) is 1.58. The first kappa shape index (κ1) is 10.8. The van der Waals surface area contributed by atoms with E-state index in [1.165, 1.54) is 0 Å². The Labute approximate surface area is 72.9 Å². The van der Waals surface area contributed by atoms with Gasteiger partial charge in [-0.3, -0.25) is 20.2 Å². The summed E-state index contributed by atoms with van der Waals surface area (Å²) < 4.78 is 0. The van der Waals surface area contributed by atoms with Crippen molar-refractivity contribution in [3.05, 3.63) is 44.2 Å². The van der Waals surface area contributed by atoms with E-state index >= 15 is 0 Å². The third-order valence-electron chi connectivity index (χ3n) is 0.955. The zero-order chi connectivity index (χ0) is 10.3. The van der Waals surface area contributed by atoms with Crippen LogP contribution in [-0.2, 0) is 0 Å². The summed E-state index contributed by atoms with van der Waals surface area (Å²) in [5.41, 5.74) is -0.128. The molecule has 0 unspecified atom stereocenters. The Morgan fingerprint density at radius 2 is 2.08 bits per heavy atom. The first-order chi connectivity index (χ1) is 6.06. The third-order valence-corrected chi connectivity index (χ3v) is 0.955. The van der Waals surface area contributed by atoms with Crippen LogP contribution in [0.25, 0.3) is 0 Å². The molecule has 0 aliphatic carbocycles. The van der Waals surface area contributed by atoms with Gasteiger partial charge in [0.05, 0.1) is 16.6 Å². The average molecular weight is 183 g/mol. The van der Waals surface area contributed by atoms with Gasteiger partial charge in [-0.25, -0.2) is 0 Å². The molecule has 0 aromatic carbocycles. The minimum absolute atomic E-state index is 0.128. The van der Waals surface area contributed by atoms with Crippen molar-refractivity contribution in [2.75, 3.05) is 6.54 Å². The fourth-order valence-electron chi connectivity index (χ4n) is 0.565. The molecule has 7 heteroatoms. The number of nitro groups is 2. The van der Waals surface area contributed by atoms with Crippen LogP contribution in [0.2, 0.25) is 0 Å². The molecule has 0 aromatic heterocycles. The average Bonchev–Trinajstić information content (AvgIpc) is 1.98. The molecule has 0 atom stereocenters. The van der Waals surface area contributed by atoms with Crippen molar-refractivity contribution in [3.8, 4) is 6.07 Å². The van der Waals surface area contributed by atoms with Crippen LogP contribution in [0.5, 0.6) is 0 Å². The molecule has 0 saturated carbocycles. The Bertz CT molecular complexity index is 312. The van der Waals surface area contributed by atoms with Crippen LogP contribution in [0.3, 0.4) is 0 Å². The largest absolute Gasteiger partial charge is 0.264 e. The second-order valence-electron chi connectivity index (χ2n) is 1.94. The molecule has 0 heterocycles. The molecule has 0 saturated heterocycles. The molecular formula is C6H5N3O4. The normalized spacial score (nSPS) is 11.2. The standard InChI is InChI=1S/C6H5N3O4/c7-3-1-2-6(4-8(10)11)5-9(12)13/h1-2,4H,5H2. The quantitative estimate of drug-likeness (QED) is 0.273. The number of nitriles is 1. The molecule has 0 aromatic rings. The molecule has 0 radical (unpaired) electrons. The Balaban J connectivity index is 4.57. The zero-order valence-corrected chi connectivity index (χ0v) is 6.41. The predicted molar refractivity (Wildman–Crippen MR) is 41.7 cm³/mol. The van der Waals surface area contributed by atoms with Crippen molar-refractivity contribution >= 4 is 0 Å². The molecule has 68 valence electrons. The smallest absolute Gasteiger partial charge is 0.244 e. The second kappa shape index (κ2) is 5.42. The Kier molecular flexibility index (Phi) is 4.49. The molecule has 0 spiro atoms. The van der Waals surface area contributed by atoms with Gasteiger partial charge in [-0.2, -0.15) is 5.26 Å². The van der Waals surface area contributed by atoms with Crippen LogP contribution < -0.4 is 0 Å². The SMILES string of the molecule is N#CC=CC(=C[N+](=O)[O-])C[N+](=O)[O-]. The highest BCUT2D eigenvalue weighted by Crippen LogP contribution is 1.97. The summed E-state index contributed by atoms with van der Waals surface area (Å²) >= 11 is 0. The van der Waals surface area contributed by atoms with Gasteiger partial charge in [0.1, 0.15) is 0 Å². The van der Waals surface area contributed by atoms with Crippen LogP contribution in [0.15, 0.2) is 23.9 Å². The van der Waals surface area contributed by atoms with Gasteiger partial charge in [-0.15, -0.1) is 0 Å². The van der Waals surface area contributed by atoms with E-state index in [1.54, 1.807) is 6.07 Å². The molecule has 0 rings (SSSR count). The number of allylic oxidation sites excluding steroid dienone is 1. The second-order valence-corrected chi connectivity index (χ2v) is 1.94. The third kappa shape index (κ3) is 6.18. The molecule has 0 N–H and O–H groups in total. The van der Waals surface area contributed by atoms with E-state index < -0.39 is 16.4 Å². The minimum atomic E-state index is -0.805. The summed E-state index contributed by atoms with van der Waals surface area (Å²) in [4.78, 5) is 18.4. The summed E-state index contributed by atoms with van der Waals surface area (Å²) in [5, 5.41) is 28.0. The van der Waals surface area contributed by atoms with Gasteiger partial charge in [0.25, 0.3) is 0 Å². The summed E-state index contributed by atoms with van der Waals surface area (Å²) in [5.74, 6) is 0. The molecular weight excluding hydrogens is 178 g/mol. The predicted octanol–water partition coefficient (Wildman–Crippen LogP) is 0.503. The highest BCUT2D eigenvalue weighted by Gasteiger charge is 2.06. The lowest BCUT2D eigenvalue weighted by molar-refractivity contribution is -0.472. The van der Waals surface area contributed by atoms with E-state index in [4.69, 9.17) is 5.26 Å². The Morgan fingerprint density at radius 1 is 1.46 bits per heavy atom. The summed E-state index contributed by atoms with van der Waals surface area (Å²) in [6.07, 6.45) is 2.47. The van der Waals surface area contributed by atoms with Crippen molar-refractivity contribution in [2.24, 2.45) is 0 Å². The van der Waals surface area contributed by atoms with Crippen LogP contribution in [0.4, 0.5) is 0 Å². The maximum atomic E-state index is 9.98. The fourth-order valence-corrected chi connectivity index (χ4v) is 0.565. The van der Waals surface area contributed by atoms with Crippen molar-refractivity contribution in [1.82, 2.24) is 0 Å². The molecule has 0 fully saturated rings. The van der Waals surface area contributed by atoms with Crippen LogP contribution in [0.1, 0.15) is 0 Å². The van der Waals surface area contributed by atoms with E-state index in [0.29, 0.717) is 6.20 Å². The van der Waals surface area contributed by atoms with Gasteiger partial charge in [-0.05, 0) is 6.08 Å². The van der Waals surface area contributed by atoms with E-state index in [9.17, 15) is 20.2 Å². The maximum absolute atomic E-state index is 9.98. The number of nitrogens with zero attached hydrogens (tertiary/aromatic N) is 3. The van der Waals surface area contributed by atoms with E-state index in [0.717, 1.165) is 12.2 Å². The van der Waals surface area contributed by atoms with E-state index in [1.807, 2.05) is 0 Å². The lowest BCUT2D eigenvalue weighted by Crippen LogP contribution is -2.04. The van der Waals surface area contributed by atoms with Crippen molar-refractivity contribution in [2.45, 2.75) is 0 Å². The van der Waals surface area contributed by atoms with Crippen molar-refractivity contribution in [3.63, 3.8) is 0 Å². The van der Waals surface area contributed by atoms with Gasteiger partial charge in [-0.1, -0.05) is 0 Å². The fraction of sp³-hybridized carbons (Fsp3) is 0.167. The first-order valence-corrected chi connectivity index (χ1v) is 3.08. The number of hydrogen-bond acceptors (Lipinski definition) is 5. The monoisotopic (exact) mass is 183 g/mol. The van der Waals surface area contributed by atoms with Crippen LogP contribution in [0, 0.1) is 31.6 Å². The van der Waals surface area contributed by atoms with Crippen LogP contribution >= 0.6 is 0 Å². The number of rotatable bonds is 4. The molecule has 0 aliphatic heterocycles. The highest BCUT2D eigenvalue weighted by atomic mass is 16.6. The molecule has 13 heavy (non-hydrogen) atoms. The highest BCUT2D eigenvalue weighted by molar-refractivity contribution is 5.21. The Morgan fingerprint density at radius 3 is 2.46 bits per heavy atom. The van der Waals surface area contributed by atoms with E-state index in [-0.39, 0.29) is 5.57 Å². The Hall–Kier alpha value is -2.23. The van der Waals surface area contributed by atoms with Gasteiger partial charge in [0.15, 0.2) is 0 Å². The lowest BCUT2D eigenvalue weighted by atomic mass is 10.2. The molecule has 0 amide bonds. The van der Waals surface area contributed by atoms with Gasteiger partial charge >= 0.3 is 0 Å². The molecule has 0 bridgehead atoms. The van der Waals surface area contributed by atoms with Crippen molar-refractivity contribution < 1.29 is 9.85 Å². The summed E-state index contributed by atoms with van der Waals surface area (Å²) in [6.45, 7) is -0.668. The van der Waals surface area contributed by atoms with E-state index in [2.05, 4.69) is 0 Å². The topological polar surface area (TPSA) is 110 Å². The zero-order valence-electron chi connectivity index (χ0n) is 6.41. The summed E-state index contributed by atoms with van der Waals surface area (Å²) in [7, 11) is 0. The first-order valence-electron chi connectivity index (χ1n) is 3.08. The van der Waals surface area contributed by atoms with Crippen molar-refractivity contribution in [1.29, 1.82) is 5.26 Å². The molecule has 0 aliphatic rings. The van der Waals surface area contributed by atoms with Crippen LogP contribution in [-0.4, -0.2) is 16.4 Å². The van der Waals surface area contributed by atoms with Gasteiger partial charge in [0, 0.05) is 11.0 Å². The number of hydrogen-bond donors (Lipinski definition) is 0. The maximum Gasteiger partial charge on any atom is 0.244 e.